The van der Waals surface area contributed by atoms with Crippen LogP contribution in [-0.2, 0) is 9.59 Å². The fourth-order valence-electron chi connectivity index (χ4n) is 2.03. The van der Waals surface area contributed by atoms with Gasteiger partial charge in [-0.1, -0.05) is 18.9 Å². The number of nitrogens with one attached hydrogen (secondary N) is 2. The van der Waals surface area contributed by atoms with Gasteiger partial charge >= 0.3 is 0 Å². The Morgan fingerprint density at radius 2 is 1.81 bits per heavy atom. The summed E-state index contributed by atoms with van der Waals surface area (Å²) >= 11 is 0. The minimum absolute atomic E-state index is 0.00539. The summed E-state index contributed by atoms with van der Waals surface area (Å²) in [5, 5.41) is 5.61. The summed E-state index contributed by atoms with van der Waals surface area (Å²) in [4.78, 5) is 23.0. The first kappa shape index (κ1) is 17.2. The summed E-state index contributed by atoms with van der Waals surface area (Å²) in [5.74, 6) is -0.123. The Hall–Kier alpha value is -1.88. The van der Waals surface area contributed by atoms with Gasteiger partial charge in [0, 0.05) is 24.7 Å². The maximum atomic E-state index is 11.9. The molecule has 1 rings (SSSR count). The second kappa shape index (κ2) is 9.13. The molecule has 0 aliphatic heterocycles. The predicted octanol–water partition coefficient (Wildman–Crippen LogP) is 2.80. The highest BCUT2D eigenvalue weighted by Gasteiger charge is 2.06. The zero-order chi connectivity index (χ0) is 15.7. The third kappa shape index (κ3) is 6.90. The Morgan fingerprint density at radius 1 is 1.10 bits per heavy atom. The molecule has 0 aliphatic carbocycles. The molecule has 21 heavy (non-hydrogen) atoms. The number of benzene rings is 1. The van der Waals surface area contributed by atoms with Gasteiger partial charge in [0.2, 0.25) is 11.8 Å². The van der Waals surface area contributed by atoms with Crippen LogP contribution in [0.5, 0.6) is 0 Å². The number of carbonyl (C=O) groups excluding carboxylic acids is 2. The molecule has 0 spiro atoms. The van der Waals surface area contributed by atoms with E-state index >= 15 is 0 Å². The maximum absolute atomic E-state index is 11.9. The van der Waals surface area contributed by atoms with E-state index in [0.717, 1.165) is 36.9 Å². The SMILES string of the molecule is CC(=O)Nc1ccc(C)c(NC(=O)CCCCCCN)c1. The fraction of sp³-hybridized carbons (Fsp3) is 0.500. The topological polar surface area (TPSA) is 84.2 Å². The largest absolute Gasteiger partial charge is 0.330 e. The summed E-state index contributed by atoms with van der Waals surface area (Å²) in [6.07, 6.45) is 4.49. The lowest BCUT2D eigenvalue weighted by Crippen LogP contribution is -2.13. The Kier molecular flexibility index (Phi) is 7.46. The van der Waals surface area contributed by atoms with E-state index in [2.05, 4.69) is 10.6 Å². The molecule has 0 fully saturated rings. The molecule has 116 valence electrons. The van der Waals surface area contributed by atoms with Crippen LogP contribution in [0.1, 0.15) is 44.6 Å². The molecule has 0 saturated heterocycles. The van der Waals surface area contributed by atoms with Gasteiger partial charge < -0.3 is 16.4 Å². The lowest BCUT2D eigenvalue weighted by atomic mass is 10.1. The van der Waals surface area contributed by atoms with Crippen LogP contribution >= 0.6 is 0 Å². The maximum Gasteiger partial charge on any atom is 0.224 e. The quantitative estimate of drug-likeness (QED) is 0.644. The summed E-state index contributed by atoms with van der Waals surface area (Å²) in [6, 6.07) is 5.48. The molecule has 0 saturated carbocycles. The number of nitrogens with two attached hydrogens (primary N) is 1. The Bertz CT molecular complexity index is 486. The van der Waals surface area contributed by atoms with Crippen molar-refractivity contribution in [2.75, 3.05) is 17.2 Å². The number of rotatable bonds is 8. The lowest BCUT2D eigenvalue weighted by molar-refractivity contribution is -0.116. The Balaban J connectivity index is 2.49. The van der Waals surface area contributed by atoms with Crippen LogP contribution in [0.3, 0.4) is 0 Å². The van der Waals surface area contributed by atoms with Crippen LogP contribution in [0.25, 0.3) is 0 Å². The van der Waals surface area contributed by atoms with Crippen molar-refractivity contribution >= 4 is 23.2 Å². The molecule has 5 nitrogen and oxygen atoms in total. The van der Waals surface area contributed by atoms with Crippen molar-refractivity contribution in [2.24, 2.45) is 5.73 Å². The van der Waals surface area contributed by atoms with E-state index in [1.54, 1.807) is 6.07 Å². The molecule has 0 atom stereocenters. The van der Waals surface area contributed by atoms with Crippen LogP contribution in [0.4, 0.5) is 11.4 Å². The summed E-state index contributed by atoms with van der Waals surface area (Å²) in [5.41, 5.74) is 7.83. The van der Waals surface area contributed by atoms with Gasteiger partial charge in [-0.3, -0.25) is 9.59 Å². The minimum atomic E-state index is -0.129. The van der Waals surface area contributed by atoms with Gasteiger partial charge in [0.25, 0.3) is 0 Å². The average Bonchev–Trinajstić information content (AvgIpc) is 2.42. The van der Waals surface area contributed by atoms with Crippen molar-refractivity contribution in [3.05, 3.63) is 23.8 Å². The normalized spacial score (nSPS) is 10.2. The van der Waals surface area contributed by atoms with E-state index in [-0.39, 0.29) is 11.8 Å². The van der Waals surface area contributed by atoms with E-state index in [9.17, 15) is 9.59 Å². The van der Waals surface area contributed by atoms with Crippen LogP contribution < -0.4 is 16.4 Å². The number of hydrogen-bond donors (Lipinski definition) is 3. The molecule has 0 unspecified atom stereocenters. The van der Waals surface area contributed by atoms with Gasteiger partial charge in [0.15, 0.2) is 0 Å². The number of aryl methyl sites for hydroxylation is 1. The highest BCUT2D eigenvalue weighted by atomic mass is 16.2. The number of amides is 2. The minimum Gasteiger partial charge on any atom is -0.330 e. The number of unbranched alkanes of at least 4 members (excludes halogenated alkanes) is 3. The molecule has 1 aromatic rings. The van der Waals surface area contributed by atoms with Gasteiger partial charge in [0.1, 0.15) is 0 Å². The molecule has 4 N–H and O–H groups in total. The smallest absolute Gasteiger partial charge is 0.224 e. The summed E-state index contributed by atoms with van der Waals surface area (Å²) < 4.78 is 0. The van der Waals surface area contributed by atoms with Crippen molar-refractivity contribution in [1.29, 1.82) is 0 Å². The van der Waals surface area contributed by atoms with Crippen molar-refractivity contribution in [1.82, 2.24) is 0 Å². The van der Waals surface area contributed by atoms with Gasteiger partial charge in [0.05, 0.1) is 0 Å². The van der Waals surface area contributed by atoms with Crippen molar-refractivity contribution in [2.45, 2.75) is 46.0 Å². The number of anilines is 2. The van der Waals surface area contributed by atoms with E-state index in [0.29, 0.717) is 18.7 Å². The Morgan fingerprint density at radius 3 is 2.48 bits per heavy atom. The van der Waals surface area contributed by atoms with E-state index in [1.165, 1.54) is 6.92 Å². The highest BCUT2D eigenvalue weighted by molar-refractivity contribution is 5.94. The second-order valence-electron chi connectivity index (χ2n) is 5.21. The standard InChI is InChI=1S/C16H25N3O2/c1-12-8-9-14(18-13(2)20)11-15(12)19-16(21)7-5-3-4-6-10-17/h8-9,11H,3-7,10,17H2,1-2H3,(H,18,20)(H,19,21). The molecular formula is C16H25N3O2. The first-order valence-corrected chi connectivity index (χ1v) is 7.41. The molecule has 0 aliphatic rings. The Labute approximate surface area is 126 Å². The molecule has 0 bridgehead atoms. The third-order valence-electron chi connectivity index (χ3n) is 3.19. The molecular weight excluding hydrogens is 266 g/mol. The van der Waals surface area contributed by atoms with Crippen molar-refractivity contribution < 1.29 is 9.59 Å². The average molecular weight is 291 g/mol. The first-order valence-electron chi connectivity index (χ1n) is 7.41. The number of hydrogen-bond acceptors (Lipinski definition) is 3. The lowest BCUT2D eigenvalue weighted by Gasteiger charge is -2.11. The number of carbonyl (C=O) groups is 2. The summed E-state index contributed by atoms with van der Waals surface area (Å²) in [6.45, 7) is 4.09. The van der Waals surface area contributed by atoms with Crippen molar-refractivity contribution in [3.63, 3.8) is 0 Å². The molecule has 0 heterocycles. The monoisotopic (exact) mass is 291 g/mol. The van der Waals surface area contributed by atoms with Crippen LogP contribution in [0, 0.1) is 6.92 Å². The zero-order valence-corrected chi connectivity index (χ0v) is 12.9. The van der Waals surface area contributed by atoms with E-state index in [1.807, 2.05) is 19.1 Å². The third-order valence-corrected chi connectivity index (χ3v) is 3.19. The zero-order valence-electron chi connectivity index (χ0n) is 12.9. The van der Waals surface area contributed by atoms with Gasteiger partial charge in [-0.25, -0.2) is 0 Å². The van der Waals surface area contributed by atoms with Gasteiger partial charge in [-0.15, -0.1) is 0 Å². The highest BCUT2D eigenvalue weighted by Crippen LogP contribution is 2.20. The fourth-order valence-corrected chi connectivity index (χ4v) is 2.03. The van der Waals surface area contributed by atoms with Crippen LogP contribution in [-0.4, -0.2) is 18.4 Å². The molecule has 2 amide bonds. The van der Waals surface area contributed by atoms with Gasteiger partial charge in [-0.2, -0.15) is 0 Å². The predicted molar refractivity (Wildman–Crippen MR) is 86.3 cm³/mol. The first-order chi connectivity index (χ1) is 10.0. The van der Waals surface area contributed by atoms with E-state index < -0.39 is 0 Å². The van der Waals surface area contributed by atoms with Crippen LogP contribution in [0.2, 0.25) is 0 Å². The summed E-state index contributed by atoms with van der Waals surface area (Å²) in [7, 11) is 0. The second-order valence-corrected chi connectivity index (χ2v) is 5.21. The molecule has 0 radical (unpaired) electrons. The van der Waals surface area contributed by atoms with E-state index in [4.69, 9.17) is 5.73 Å². The van der Waals surface area contributed by atoms with Gasteiger partial charge in [-0.05, 0) is 44.0 Å². The molecule has 1 aromatic carbocycles. The molecule has 5 heteroatoms. The van der Waals surface area contributed by atoms with Crippen LogP contribution in [0.15, 0.2) is 18.2 Å². The molecule has 0 aromatic heterocycles. The van der Waals surface area contributed by atoms with Crippen molar-refractivity contribution in [3.8, 4) is 0 Å².